The Kier molecular flexibility index (Phi) is 5.49. The summed E-state index contributed by atoms with van der Waals surface area (Å²) in [6.07, 6.45) is 0. The number of rotatable bonds is 6. The van der Waals surface area contributed by atoms with E-state index in [2.05, 4.69) is 15.5 Å². The lowest BCUT2D eigenvalue weighted by atomic mass is 10.0. The third-order valence-corrected chi connectivity index (χ3v) is 4.26. The Balaban J connectivity index is 1.84. The van der Waals surface area contributed by atoms with Crippen molar-refractivity contribution in [3.05, 3.63) is 75.7 Å². The molecule has 0 bridgehead atoms. The van der Waals surface area contributed by atoms with Crippen LogP contribution in [0.3, 0.4) is 0 Å². The molecular weight excluding hydrogens is 360 g/mol. The second-order valence-corrected chi connectivity index (χ2v) is 6.83. The van der Waals surface area contributed by atoms with E-state index in [1.54, 1.807) is 0 Å². The summed E-state index contributed by atoms with van der Waals surface area (Å²) in [6.45, 7) is 5.80. The van der Waals surface area contributed by atoms with Crippen LogP contribution in [0.2, 0.25) is 0 Å². The number of nitrogens with one attached hydrogen (secondary N) is 1. The standard InChI is InChI=1S/C20H20N4O4/c1-12(2)17(21-19(25)15-8-5-9-16(11-15)24(26)27)20-22-18(23-28-20)14-7-4-6-13(3)10-14/h4-12,17H,1-3H3,(H,21,25)/t17-/m0/s1. The molecule has 144 valence electrons. The first-order valence-corrected chi connectivity index (χ1v) is 8.81. The number of aryl methyl sites for hydroxylation is 1. The number of non-ortho nitro benzene ring substituents is 1. The maximum absolute atomic E-state index is 12.6. The molecule has 8 heteroatoms. The fourth-order valence-electron chi connectivity index (χ4n) is 2.76. The number of amides is 1. The highest BCUT2D eigenvalue weighted by atomic mass is 16.6. The van der Waals surface area contributed by atoms with E-state index in [1.165, 1.54) is 24.3 Å². The van der Waals surface area contributed by atoms with Gasteiger partial charge in [0.05, 0.1) is 4.92 Å². The molecule has 0 radical (unpaired) electrons. The van der Waals surface area contributed by atoms with E-state index in [-0.39, 0.29) is 23.1 Å². The summed E-state index contributed by atoms with van der Waals surface area (Å²) in [5.74, 6) is 0.241. The molecule has 0 aliphatic rings. The van der Waals surface area contributed by atoms with Crippen molar-refractivity contribution < 1.29 is 14.2 Å². The largest absolute Gasteiger partial charge is 0.340 e. The molecule has 0 aliphatic heterocycles. The number of nitrogens with zero attached hydrogens (tertiary/aromatic N) is 3. The van der Waals surface area contributed by atoms with Crippen molar-refractivity contribution in [2.24, 2.45) is 5.92 Å². The second-order valence-electron chi connectivity index (χ2n) is 6.83. The highest BCUT2D eigenvalue weighted by Crippen LogP contribution is 2.25. The molecule has 0 aliphatic carbocycles. The summed E-state index contributed by atoms with van der Waals surface area (Å²) in [5.41, 5.74) is 1.94. The topological polar surface area (TPSA) is 111 Å². The Morgan fingerprint density at radius 2 is 1.93 bits per heavy atom. The summed E-state index contributed by atoms with van der Waals surface area (Å²) in [4.78, 5) is 27.4. The molecule has 0 saturated heterocycles. The lowest BCUT2D eigenvalue weighted by Crippen LogP contribution is -2.32. The minimum atomic E-state index is -0.539. The van der Waals surface area contributed by atoms with Crippen molar-refractivity contribution >= 4 is 11.6 Å². The molecule has 0 fully saturated rings. The third-order valence-electron chi connectivity index (χ3n) is 4.26. The van der Waals surface area contributed by atoms with Gasteiger partial charge in [-0.25, -0.2) is 0 Å². The predicted octanol–water partition coefficient (Wildman–Crippen LogP) is 4.08. The van der Waals surface area contributed by atoms with Gasteiger partial charge >= 0.3 is 0 Å². The molecule has 1 aromatic heterocycles. The van der Waals surface area contributed by atoms with Gasteiger partial charge in [0.1, 0.15) is 6.04 Å². The molecule has 2 aromatic carbocycles. The van der Waals surface area contributed by atoms with Crippen LogP contribution in [-0.4, -0.2) is 21.0 Å². The summed E-state index contributed by atoms with van der Waals surface area (Å²) < 4.78 is 5.40. The van der Waals surface area contributed by atoms with Crippen LogP contribution in [0.5, 0.6) is 0 Å². The van der Waals surface area contributed by atoms with E-state index in [0.29, 0.717) is 5.82 Å². The van der Waals surface area contributed by atoms with Crippen molar-refractivity contribution in [2.75, 3.05) is 0 Å². The molecule has 1 heterocycles. The quantitative estimate of drug-likeness (QED) is 0.509. The molecule has 3 rings (SSSR count). The van der Waals surface area contributed by atoms with Crippen LogP contribution in [0, 0.1) is 23.0 Å². The van der Waals surface area contributed by atoms with E-state index in [9.17, 15) is 14.9 Å². The first-order valence-electron chi connectivity index (χ1n) is 8.81. The Labute approximate surface area is 161 Å². The van der Waals surface area contributed by atoms with E-state index in [1.807, 2.05) is 45.0 Å². The normalized spacial score (nSPS) is 12.0. The smallest absolute Gasteiger partial charge is 0.270 e. The van der Waals surface area contributed by atoms with Crippen LogP contribution in [0.25, 0.3) is 11.4 Å². The molecule has 3 aromatic rings. The predicted molar refractivity (Wildman–Crippen MR) is 103 cm³/mol. The molecule has 1 N–H and O–H groups in total. The molecule has 8 nitrogen and oxygen atoms in total. The average Bonchev–Trinajstić information content (AvgIpc) is 3.15. The lowest BCUT2D eigenvalue weighted by molar-refractivity contribution is -0.384. The van der Waals surface area contributed by atoms with Crippen LogP contribution >= 0.6 is 0 Å². The maximum atomic E-state index is 12.6. The number of nitro benzene ring substituents is 1. The molecule has 1 amide bonds. The van der Waals surface area contributed by atoms with Gasteiger partial charge < -0.3 is 9.84 Å². The van der Waals surface area contributed by atoms with Crippen LogP contribution in [-0.2, 0) is 0 Å². The van der Waals surface area contributed by atoms with Crippen LogP contribution in [0.1, 0.15) is 41.7 Å². The zero-order valence-electron chi connectivity index (χ0n) is 15.7. The summed E-state index contributed by atoms with van der Waals surface area (Å²) >= 11 is 0. The van der Waals surface area contributed by atoms with Crippen LogP contribution < -0.4 is 5.32 Å². The fraction of sp³-hybridized carbons (Fsp3) is 0.250. The second kappa shape index (κ2) is 7.99. The number of hydrogen-bond donors (Lipinski definition) is 1. The minimum absolute atomic E-state index is 0.0338. The van der Waals surface area contributed by atoms with Crippen molar-refractivity contribution in [3.63, 3.8) is 0 Å². The van der Waals surface area contributed by atoms with Gasteiger partial charge in [-0.1, -0.05) is 48.8 Å². The highest BCUT2D eigenvalue weighted by molar-refractivity contribution is 5.95. The molecule has 1 atom stereocenters. The zero-order valence-corrected chi connectivity index (χ0v) is 15.7. The lowest BCUT2D eigenvalue weighted by Gasteiger charge is -2.18. The van der Waals surface area contributed by atoms with Crippen LogP contribution in [0.4, 0.5) is 5.69 Å². The van der Waals surface area contributed by atoms with Gasteiger partial charge in [0.25, 0.3) is 11.6 Å². The minimum Gasteiger partial charge on any atom is -0.340 e. The summed E-state index contributed by atoms with van der Waals surface area (Å²) in [6, 6.07) is 12.7. The first kappa shape index (κ1) is 19.2. The number of carbonyl (C=O) groups excluding carboxylic acids is 1. The SMILES string of the molecule is Cc1cccc(-c2noc([C@@H](NC(=O)c3cccc([N+](=O)[O-])c3)C(C)C)n2)c1. The van der Waals surface area contributed by atoms with Gasteiger partial charge in [-0.3, -0.25) is 14.9 Å². The van der Waals surface area contributed by atoms with Gasteiger partial charge in [-0.05, 0) is 25.0 Å². The summed E-state index contributed by atoms with van der Waals surface area (Å²) in [7, 11) is 0. The van der Waals surface area contributed by atoms with Gasteiger partial charge in [0.2, 0.25) is 11.7 Å². The van der Waals surface area contributed by atoms with E-state index >= 15 is 0 Å². The molecule has 0 spiro atoms. The van der Waals surface area contributed by atoms with Crippen molar-refractivity contribution in [2.45, 2.75) is 26.8 Å². The third kappa shape index (κ3) is 4.22. The van der Waals surface area contributed by atoms with E-state index < -0.39 is 16.9 Å². The Morgan fingerprint density at radius 3 is 2.61 bits per heavy atom. The monoisotopic (exact) mass is 380 g/mol. The molecule has 0 unspecified atom stereocenters. The van der Waals surface area contributed by atoms with Gasteiger partial charge in [0.15, 0.2) is 0 Å². The number of nitro groups is 1. The maximum Gasteiger partial charge on any atom is 0.270 e. The molecule has 0 saturated carbocycles. The van der Waals surface area contributed by atoms with Crippen molar-refractivity contribution in [1.29, 1.82) is 0 Å². The molecular formula is C20H20N4O4. The van der Waals surface area contributed by atoms with E-state index in [4.69, 9.17) is 4.52 Å². The zero-order chi connectivity index (χ0) is 20.3. The Bertz CT molecular complexity index is 1010. The number of aromatic nitrogens is 2. The van der Waals surface area contributed by atoms with Crippen molar-refractivity contribution in [1.82, 2.24) is 15.5 Å². The summed E-state index contributed by atoms with van der Waals surface area (Å²) in [5, 5.41) is 17.8. The number of benzene rings is 2. The average molecular weight is 380 g/mol. The molecule has 28 heavy (non-hydrogen) atoms. The van der Waals surface area contributed by atoms with E-state index in [0.717, 1.165) is 11.1 Å². The Hall–Kier alpha value is -3.55. The van der Waals surface area contributed by atoms with Gasteiger partial charge in [0, 0.05) is 23.3 Å². The number of hydrogen-bond acceptors (Lipinski definition) is 6. The number of carbonyl (C=O) groups is 1. The van der Waals surface area contributed by atoms with Crippen LogP contribution in [0.15, 0.2) is 53.1 Å². The Morgan fingerprint density at radius 1 is 1.18 bits per heavy atom. The van der Waals surface area contributed by atoms with Gasteiger partial charge in [-0.15, -0.1) is 0 Å². The highest BCUT2D eigenvalue weighted by Gasteiger charge is 2.26. The fourth-order valence-corrected chi connectivity index (χ4v) is 2.76. The van der Waals surface area contributed by atoms with Crippen molar-refractivity contribution in [3.8, 4) is 11.4 Å². The first-order chi connectivity index (χ1) is 13.3. The van der Waals surface area contributed by atoms with Gasteiger partial charge in [-0.2, -0.15) is 4.98 Å².